The molecular weight excluding hydrogens is 547 g/mol. The minimum absolute atomic E-state index is 0.263. The fraction of sp³-hybridized carbons (Fsp3) is 0.826. The van der Waals surface area contributed by atoms with Gasteiger partial charge in [0.2, 0.25) is 0 Å². The van der Waals surface area contributed by atoms with Crippen LogP contribution in [0.25, 0.3) is 0 Å². The zero-order valence-electron chi connectivity index (χ0n) is 25.2. The highest BCUT2D eigenvalue weighted by molar-refractivity contribution is 7.75. The maximum Gasteiger partial charge on any atom is 0.326 e. The first-order valence-electron chi connectivity index (χ1n) is 12.6. The quantitative estimate of drug-likeness (QED) is 0.106. The molecule has 0 fully saturated rings. The van der Waals surface area contributed by atoms with E-state index in [0.717, 1.165) is 18.4 Å². The summed E-state index contributed by atoms with van der Waals surface area (Å²) in [5.41, 5.74) is 2.43. The Hall–Kier alpha value is 0.648. The van der Waals surface area contributed by atoms with E-state index in [-0.39, 0.29) is 6.42 Å². The Morgan fingerprint density at radius 3 is 1.20 bits per heavy atom. The molecule has 0 spiro atoms. The van der Waals surface area contributed by atoms with Gasteiger partial charge in [0.25, 0.3) is 0 Å². The van der Waals surface area contributed by atoms with Gasteiger partial charge in [-0.1, -0.05) is 23.3 Å². The van der Waals surface area contributed by atoms with Gasteiger partial charge in [0.1, 0.15) is 0 Å². The van der Waals surface area contributed by atoms with Crippen molar-refractivity contribution in [2.45, 2.75) is 124 Å². The summed E-state index contributed by atoms with van der Waals surface area (Å²) in [6.07, 6.45) is 6.30. The van der Waals surface area contributed by atoms with Crippen LogP contribution < -0.4 is 0 Å². The maximum atomic E-state index is 14.8. The van der Waals surface area contributed by atoms with Gasteiger partial charge in [-0.25, -0.2) is 0 Å². The molecule has 0 saturated carbocycles. The normalized spacial score (nSPS) is 15.0. The lowest BCUT2D eigenvalue weighted by Gasteiger charge is -2.41. The highest BCUT2D eigenvalue weighted by Gasteiger charge is 2.55. The minimum Gasteiger partial charge on any atom is -0.351 e. The molecule has 0 N–H and O–H groups in total. The van der Waals surface area contributed by atoms with Gasteiger partial charge in [-0.2, -0.15) is 0 Å². The Labute approximate surface area is 221 Å². The Morgan fingerprint density at radius 1 is 0.629 bits per heavy atom. The predicted molar refractivity (Wildman–Crippen MR) is 164 cm³/mol. The molecule has 0 aromatic rings. The molecule has 0 rings (SSSR count). The zero-order valence-corrected chi connectivity index (χ0v) is 31.0. The van der Waals surface area contributed by atoms with Crippen LogP contribution in [0.2, 0.25) is 78.6 Å². The van der Waals surface area contributed by atoms with E-state index in [1.165, 1.54) is 5.57 Å². The lowest BCUT2D eigenvalue weighted by atomic mass is 10.1. The molecular formula is C23H54O6P2Si4. The van der Waals surface area contributed by atoms with Crippen molar-refractivity contribution in [3.05, 3.63) is 23.3 Å². The second-order valence-electron chi connectivity index (χ2n) is 13.5. The highest BCUT2D eigenvalue weighted by atomic mass is 31.2. The molecule has 0 amide bonds. The molecule has 0 aliphatic rings. The van der Waals surface area contributed by atoms with Crippen LogP contribution in [0.1, 0.15) is 40.0 Å². The van der Waals surface area contributed by atoms with Crippen molar-refractivity contribution in [1.29, 1.82) is 0 Å². The van der Waals surface area contributed by atoms with E-state index in [1.807, 2.05) is 84.6 Å². The Balaban J connectivity index is 6.86. The topological polar surface area (TPSA) is 71.1 Å². The SMILES string of the molecule is CC(C)=CCC/C(C)=C/CC(P(=O)(O[Si](C)(C)C)O[Si](C)(C)C)P(=O)(O[Si](C)(C)C)O[Si](C)(C)C. The molecule has 0 radical (unpaired) electrons. The first-order valence-corrected chi connectivity index (χ1v) is 29.4. The summed E-state index contributed by atoms with van der Waals surface area (Å²) in [6.45, 7) is 30.0. The third-order valence-corrected chi connectivity index (χ3v) is 20.5. The molecule has 0 unspecified atom stereocenters. The van der Waals surface area contributed by atoms with Crippen molar-refractivity contribution in [2.24, 2.45) is 0 Å². The monoisotopic (exact) mass is 600 g/mol. The van der Waals surface area contributed by atoms with Gasteiger partial charge in [-0.15, -0.1) is 0 Å². The molecule has 6 nitrogen and oxygen atoms in total. The second kappa shape index (κ2) is 13.1. The van der Waals surface area contributed by atoms with Gasteiger partial charge in [-0.3, -0.25) is 9.13 Å². The third-order valence-electron chi connectivity index (χ3n) is 4.10. The predicted octanol–water partition coefficient (Wildman–Crippen LogP) is 10.2. The van der Waals surface area contributed by atoms with Crippen molar-refractivity contribution in [3.8, 4) is 0 Å². The van der Waals surface area contributed by atoms with Crippen molar-refractivity contribution in [3.63, 3.8) is 0 Å². The molecule has 0 aromatic carbocycles. The van der Waals surface area contributed by atoms with E-state index in [9.17, 15) is 9.13 Å². The van der Waals surface area contributed by atoms with Crippen LogP contribution in [0.3, 0.4) is 0 Å². The van der Waals surface area contributed by atoms with Crippen LogP contribution in [0.5, 0.6) is 0 Å². The fourth-order valence-electron chi connectivity index (χ4n) is 3.24. The van der Waals surface area contributed by atoms with Crippen molar-refractivity contribution < 1.29 is 26.0 Å². The minimum atomic E-state index is -3.87. The Morgan fingerprint density at radius 2 is 0.943 bits per heavy atom. The van der Waals surface area contributed by atoms with Crippen LogP contribution in [-0.4, -0.2) is 38.7 Å². The molecule has 0 aliphatic carbocycles. The molecule has 0 aliphatic heterocycles. The van der Waals surface area contributed by atoms with Gasteiger partial charge in [0.15, 0.2) is 38.7 Å². The van der Waals surface area contributed by atoms with Crippen molar-refractivity contribution in [2.75, 3.05) is 0 Å². The lowest BCUT2D eigenvalue weighted by Crippen LogP contribution is -2.37. The van der Waals surface area contributed by atoms with Crippen molar-refractivity contribution >= 4 is 48.5 Å². The summed E-state index contributed by atoms with van der Waals surface area (Å²) in [6, 6.07) is 0. The van der Waals surface area contributed by atoms with Crippen LogP contribution >= 0.6 is 15.2 Å². The van der Waals surface area contributed by atoms with Crippen molar-refractivity contribution in [1.82, 2.24) is 0 Å². The van der Waals surface area contributed by atoms with Crippen LogP contribution in [0, 0.1) is 0 Å². The van der Waals surface area contributed by atoms with Crippen LogP contribution in [0.4, 0.5) is 0 Å². The molecule has 0 atom stereocenters. The Bertz CT molecular complexity index is 752. The first-order chi connectivity index (χ1) is 15.3. The number of hydrogen-bond acceptors (Lipinski definition) is 6. The summed E-state index contributed by atoms with van der Waals surface area (Å²) >= 11 is 0. The van der Waals surface area contributed by atoms with E-state index < -0.39 is 53.9 Å². The van der Waals surface area contributed by atoms with Crippen LogP contribution in [-0.2, 0) is 26.0 Å². The fourth-order valence-corrected chi connectivity index (χ4v) is 22.2. The lowest BCUT2D eigenvalue weighted by molar-refractivity contribution is 0.350. The molecule has 208 valence electrons. The van der Waals surface area contributed by atoms with E-state index in [1.54, 1.807) is 0 Å². The average Bonchev–Trinajstić information content (AvgIpc) is 2.45. The zero-order chi connectivity index (χ0) is 28.1. The van der Waals surface area contributed by atoms with E-state index in [2.05, 4.69) is 26.8 Å². The largest absolute Gasteiger partial charge is 0.351 e. The molecule has 0 heterocycles. The molecule has 12 heteroatoms. The standard InChI is InChI=1S/C23H54O6P2Si4/c1-21(2)17-16-18-22(3)19-20-23(30(24,26-32(4,5)6)27-33(7,8)9)31(25,28-34(10,11)12)29-35(13,14)15/h17,19,23H,16,18,20H2,1-15H3/b22-19+. The van der Waals surface area contributed by atoms with Gasteiger partial charge in [-0.05, 0) is 119 Å². The van der Waals surface area contributed by atoms with Gasteiger partial charge >= 0.3 is 15.2 Å². The Kier molecular flexibility index (Phi) is 13.4. The molecule has 0 aromatic heterocycles. The summed E-state index contributed by atoms with van der Waals surface area (Å²) in [4.78, 5) is 0. The van der Waals surface area contributed by atoms with E-state index in [4.69, 9.17) is 16.9 Å². The molecule has 35 heavy (non-hydrogen) atoms. The number of rotatable bonds is 15. The van der Waals surface area contributed by atoms with Gasteiger partial charge < -0.3 is 16.9 Å². The average molecular weight is 601 g/mol. The molecule has 0 saturated heterocycles. The van der Waals surface area contributed by atoms with E-state index in [0.29, 0.717) is 0 Å². The summed E-state index contributed by atoms with van der Waals surface area (Å²) in [5, 5.41) is -0.995. The summed E-state index contributed by atoms with van der Waals surface area (Å²) < 4.78 is 54.9. The van der Waals surface area contributed by atoms with E-state index >= 15 is 0 Å². The first kappa shape index (κ1) is 35.6. The smallest absolute Gasteiger partial charge is 0.326 e. The number of allylic oxidation sites excluding steroid dienone is 4. The van der Waals surface area contributed by atoms with Crippen LogP contribution in [0.15, 0.2) is 23.3 Å². The van der Waals surface area contributed by atoms with Gasteiger partial charge in [0, 0.05) is 0 Å². The third kappa shape index (κ3) is 16.3. The summed E-state index contributed by atoms with van der Waals surface area (Å²) in [5.74, 6) is 0. The summed E-state index contributed by atoms with van der Waals surface area (Å²) in [7, 11) is -17.1. The second-order valence-corrected chi connectivity index (χ2v) is 37.1. The van der Waals surface area contributed by atoms with Gasteiger partial charge in [0.05, 0.1) is 0 Å². The molecule has 0 bridgehead atoms. The number of hydrogen-bond donors (Lipinski definition) is 0. The maximum absolute atomic E-state index is 14.8. The highest BCUT2D eigenvalue weighted by Crippen LogP contribution is 2.74.